The van der Waals surface area contributed by atoms with Crippen LogP contribution in [0.1, 0.15) is 24.4 Å². The van der Waals surface area contributed by atoms with Gasteiger partial charge in [-0.1, -0.05) is 23.2 Å². The van der Waals surface area contributed by atoms with Crippen molar-refractivity contribution in [2.45, 2.75) is 19.6 Å². The van der Waals surface area contributed by atoms with Crippen LogP contribution in [0.5, 0.6) is 5.75 Å². The fourth-order valence-electron chi connectivity index (χ4n) is 1.68. The number of benzene rings is 1. The van der Waals surface area contributed by atoms with E-state index in [0.717, 1.165) is 0 Å². The molecule has 1 aromatic carbocycles. The van der Waals surface area contributed by atoms with E-state index in [1.807, 2.05) is 7.05 Å². The molecule has 6 heteroatoms. The highest BCUT2D eigenvalue weighted by molar-refractivity contribution is 6.30. The third-order valence-electron chi connectivity index (χ3n) is 2.81. The predicted octanol–water partition coefficient (Wildman–Crippen LogP) is 3.36. The second-order valence-corrected chi connectivity index (χ2v) is 5.03. The number of aromatic nitrogens is 2. The standard InChI is InChI=1S/C13H14Cl2N2O2/c1-8(18)10-5-9(14)3-4-11(10)19-7-13-16-6-12(15)17(13)2/h3-6,8,18H,7H2,1-2H3/t8-/m0/s1. The maximum Gasteiger partial charge on any atom is 0.147 e. The van der Waals surface area contributed by atoms with Crippen molar-refractivity contribution >= 4 is 23.2 Å². The van der Waals surface area contributed by atoms with Crippen LogP contribution in [0.2, 0.25) is 10.2 Å². The highest BCUT2D eigenvalue weighted by Crippen LogP contribution is 2.28. The lowest BCUT2D eigenvalue weighted by molar-refractivity contribution is 0.189. The van der Waals surface area contributed by atoms with Crippen LogP contribution in [0.3, 0.4) is 0 Å². The third kappa shape index (κ3) is 3.21. The molecule has 0 radical (unpaired) electrons. The van der Waals surface area contributed by atoms with E-state index in [1.165, 1.54) is 0 Å². The molecule has 2 rings (SSSR count). The molecule has 0 saturated carbocycles. The summed E-state index contributed by atoms with van der Waals surface area (Å²) < 4.78 is 7.41. The van der Waals surface area contributed by atoms with Crippen molar-refractivity contribution in [3.8, 4) is 5.75 Å². The summed E-state index contributed by atoms with van der Waals surface area (Å²) in [5.41, 5.74) is 0.646. The normalized spacial score (nSPS) is 12.5. The molecular formula is C13H14Cl2N2O2. The van der Waals surface area contributed by atoms with E-state index in [1.54, 1.807) is 35.9 Å². The van der Waals surface area contributed by atoms with Gasteiger partial charge in [0.25, 0.3) is 0 Å². The number of aliphatic hydroxyl groups is 1. The van der Waals surface area contributed by atoms with Crippen LogP contribution < -0.4 is 4.74 Å². The Morgan fingerprint density at radius 2 is 2.16 bits per heavy atom. The van der Waals surface area contributed by atoms with Crippen LogP contribution in [-0.2, 0) is 13.7 Å². The molecule has 2 aromatic rings. The van der Waals surface area contributed by atoms with Gasteiger partial charge >= 0.3 is 0 Å². The fourth-order valence-corrected chi connectivity index (χ4v) is 2.00. The van der Waals surface area contributed by atoms with Crippen molar-refractivity contribution in [2.24, 2.45) is 7.05 Å². The van der Waals surface area contributed by atoms with Crippen LogP contribution in [0.4, 0.5) is 0 Å². The monoisotopic (exact) mass is 300 g/mol. The first kappa shape index (κ1) is 14.2. The predicted molar refractivity (Wildman–Crippen MR) is 74.6 cm³/mol. The maximum atomic E-state index is 9.70. The van der Waals surface area contributed by atoms with Gasteiger partial charge < -0.3 is 14.4 Å². The molecule has 19 heavy (non-hydrogen) atoms. The SMILES string of the molecule is C[C@H](O)c1cc(Cl)ccc1OCc1ncc(Cl)n1C. The maximum absolute atomic E-state index is 9.70. The number of nitrogens with zero attached hydrogens (tertiary/aromatic N) is 2. The first-order chi connectivity index (χ1) is 8.99. The number of rotatable bonds is 4. The molecule has 0 amide bonds. The Labute approximate surface area is 121 Å². The minimum atomic E-state index is -0.654. The summed E-state index contributed by atoms with van der Waals surface area (Å²) in [6.45, 7) is 1.93. The average molecular weight is 301 g/mol. The van der Waals surface area contributed by atoms with E-state index in [9.17, 15) is 5.11 Å². The summed E-state index contributed by atoms with van der Waals surface area (Å²) in [7, 11) is 1.81. The van der Waals surface area contributed by atoms with Gasteiger partial charge in [0.05, 0.1) is 12.3 Å². The Balaban J connectivity index is 2.17. The summed E-state index contributed by atoms with van der Waals surface area (Å²) in [5, 5.41) is 10.8. The van der Waals surface area contributed by atoms with Gasteiger partial charge in [-0.15, -0.1) is 0 Å². The van der Waals surface area contributed by atoms with Crippen LogP contribution in [0, 0.1) is 0 Å². The number of hydrogen-bond donors (Lipinski definition) is 1. The van der Waals surface area contributed by atoms with Crippen molar-refractivity contribution in [1.82, 2.24) is 9.55 Å². The van der Waals surface area contributed by atoms with Crippen LogP contribution in [0.15, 0.2) is 24.4 Å². The second-order valence-electron chi connectivity index (χ2n) is 4.20. The lowest BCUT2D eigenvalue weighted by atomic mass is 10.1. The number of halogens is 2. The van der Waals surface area contributed by atoms with E-state index in [0.29, 0.717) is 27.3 Å². The second kappa shape index (κ2) is 5.82. The van der Waals surface area contributed by atoms with E-state index >= 15 is 0 Å². The molecule has 0 bridgehead atoms. The van der Waals surface area contributed by atoms with Gasteiger partial charge in [0, 0.05) is 17.6 Å². The molecule has 0 saturated heterocycles. The zero-order valence-electron chi connectivity index (χ0n) is 10.6. The van der Waals surface area contributed by atoms with Gasteiger partial charge in [-0.2, -0.15) is 0 Å². The van der Waals surface area contributed by atoms with Crippen molar-refractivity contribution in [2.75, 3.05) is 0 Å². The van der Waals surface area contributed by atoms with Crippen molar-refractivity contribution in [3.05, 3.63) is 46.0 Å². The van der Waals surface area contributed by atoms with Gasteiger partial charge in [-0.05, 0) is 25.1 Å². The first-order valence-electron chi connectivity index (χ1n) is 5.75. The Morgan fingerprint density at radius 3 is 2.74 bits per heavy atom. The molecule has 102 valence electrons. The minimum Gasteiger partial charge on any atom is -0.485 e. The van der Waals surface area contributed by atoms with Crippen molar-refractivity contribution in [3.63, 3.8) is 0 Å². The molecular weight excluding hydrogens is 287 g/mol. The summed E-state index contributed by atoms with van der Waals surface area (Å²) >= 11 is 11.8. The highest BCUT2D eigenvalue weighted by Gasteiger charge is 2.12. The van der Waals surface area contributed by atoms with Gasteiger partial charge in [0.2, 0.25) is 0 Å². The van der Waals surface area contributed by atoms with Crippen LogP contribution in [-0.4, -0.2) is 14.7 Å². The molecule has 0 unspecified atom stereocenters. The van der Waals surface area contributed by atoms with E-state index in [-0.39, 0.29) is 6.61 Å². The Bertz CT molecular complexity index is 582. The topological polar surface area (TPSA) is 47.3 Å². The summed E-state index contributed by atoms with van der Waals surface area (Å²) in [5.74, 6) is 1.29. The summed E-state index contributed by atoms with van der Waals surface area (Å²) in [6, 6.07) is 5.13. The summed E-state index contributed by atoms with van der Waals surface area (Å²) in [4.78, 5) is 4.14. The van der Waals surface area contributed by atoms with Gasteiger partial charge in [0.1, 0.15) is 23.3 Å². The van der Waals surface area contributed by atoms with E-state index in [4.69, 9.17) is 27.9 Å². The molecule has 1 heterocycles. The molecule has 4 nitrogen and oxygen atoms in total. The van der Waals surface area contributed by atoms with Gasteiger partial charge in [-0.25, -0.2) is 4.98 Å². The molecule has 1 aromatic heterocycles. The number of aliphatic hydroxyl groups excluding tert-OH is 1. The minimum absolute atomic E-state index is 0.268. The number of hydrogen-bond acceptors (Lipinski definition) is 3. The third-order valence-corrected chi connectivity index (χ3v) is 3.39. The lowest BCUT2D eigenvalue weighted by Crippen LogP contribution is -2.05. The quantitative estimate of drug-likeness (QED) is 0.942. The lowest BCUT2D eigenvalue weighted by Gasteiger charge is -2.13. The van der Waals surface area contributed by atoms with E-state index < -0.39 is 6.10 Å². The molecule has 0 aliphatic carbocycles. The smallest absolute Gasteiger partial charge is 0.147 e. The zero-order chi connectivity index (χ0) is 14.0. The Morgan fingerprint density at radius 1 is 1.42 bits per heavy atom. The molecule has 0 aliphatic rings. The van der Waals surface area contributed by atoms with E-state index in [2.05, 4.69) is 4.98 Å². The largest absolute Gasteiger partial charge is 0.485 e. The van der Waals surface area contributed by atoms with Gasteiger partial charge in [-0.3, -0.25) is 0 Å². The molecule has 1 N–H and O–H groups in total. The average Bonchev–Trinajstić information content (AvgIpc) is 2.68. The van der Waals surface area contributed by atoms with Crippen molar-refractivity contribution < 1.29 is 9.84 Å². The van der Waals surface area contributed by atoms with Crippen LogP contribution in [0.25, 0.3) is 0 Å². The fraction of sp³-hybridized carbons (Fsp3) is 0.308. The van der Waals surface area contributed by atoms with Gasteiger partial charge in [0.15, 0.2) is 0 Å². The highest BCUT2D eigenvalue weighted by atomic mass is 35.5. The molecule has 0 aliphatic heterocycles. The first-order valence-corrected chi connectivity index (χ1v) is 6.51. The Kier molecular flexibility index (Phi) is 4.34. The molecule has 1 atom stereocenters. The number of ether oxygens (including phenoxy) is 1. The zero-order valence-corrected chi connectivity index (χ0v) is 12.1. The molecule has 0 spiro atoms. The Hall–Kier alpha value is -1.23. The van der Waals surface area contributed by atoms with Crippen molar-refractivity contribution in [1.29, 1.82) is 0 Å². The molecule has 0 fully saturated rings. The summed E-state index contributed by atoms with van der Waals surface area (Å²) in [6.07, 6.45) is 0.913. The number of imidazole rings is 1. The van der Waals surface area contributed by atoms with Crippen LogP contribution >= 0.6 is 23.2 Å².